The van der Waals surface area contributed by atoms with Gasteiger partial charge in [0, 0.05) is 5.69 Å². The van der Waals surface area contributed by atoms with Crippen molar-refractivity contribution in [3.05, 3.63) is 53.9 Å². The molecule has 0 saturated carbocycles. The molecule has 0 aliphatic heterocycles. The van der Waals surface area contributed by atoms with E-state index in [4.69, 9.17) is 13.9 Å². The topological polar surface area (TPSA) is 89.4 Å². The molecule has 0 unspecified atom stereocenters. The van der Waals surface area contributed by atoms with Gasteiger partial charge in [-0.25, -0.2) is 0 Å². The number of carbonyl (C=O) groups excluding carboxylic acids is 1. The van der Waals surface area contributed by atoms with Gasteiger partial charge in [-0.3, -0.25) is 9.89 Å². The van der Waals surface area contributed by atoms with Gasteiger partial charge in [-0.2, -0.15) is 5.10 Å². The Morgan fingerprint density at radius 2 is 2.00 bits per heavy atom. The van der Waals surface area contributed by atoms with Crippen LogP contribution in [-0.4, -0.2) is 36.4 Å². The summed E-state index contributed by atoms with van der Waals surface area (Å²) in [5.41, 5.74) is 1.65. The first-order chi connectivity index (χ1) is 12.2. The predicted octanol–water partition coefficient (Wildman–Crippen LogP) is 2.80. The summed E-state index contributed by atoms with van der Waals surface area (Å²) < 4.78 is 16.0. The molecular formula is C18H19N3O4. The van der Waals surface area contributed by atoms with Crippen molar-refractivity contribution in [1.82, 2.24) is 15.5 Å². The first-order valence-corrected chi connectivity index (χ1v) is 7.83. The van der Waals surface area contributed by atoms with Crippen LogP contribution in [0, 0.1) is 6.92 Å². The smallest absolute Gasteiger partial charge is 0.255 e. The Kier molecular flexibility index (Phi) is 5.03. The molecule has 1 aromatic carbocycles. The lowest BCUT2D eigenvalue weighted by Gasteiger charge is -2.08. The lowest BCUT2D eigenvalue weighted by molar-refractivity contribution is 0.0947. The average Bonchev–Trinajstić information content (AvgIpc) is 3.28. The average molecular weight is 341 g/mol. The van der Waals surface area contributed by atoms with Crippen LogP contribution in [0.4, 0.5) is 0 Å². The van der Waals surface area contributed by atoms with Gasteiger partial charge in [0.1, 0.15) is 23.8 Å². The van der Waals surface area contributed by atoms with Crippen LogP contribution in [0.2, 0.25) is 0 Å². The molecule has 25 heavy (non-hydrogen) atoms. The predicted molar refractivity (Wildman–Crippen MR) is 91.8 cm³/mol. The van der Waals surface area contributed by atoms with E-state index in [1.54, 1.807) is 32.4 Å². The molecule has 0 aliphatic carbocycles. The third kappa shape index (κ3) is 3.82. The van der Waals surface area contributed by atoms with Crippen molar-refractivity contribution in [2.75, 3.05) is 20.3 Å². The summed E-state index contributed by atoms with van der Waals surface area (Å²) in [5.74, 6) is 1.80. The molecule has 0 saturated heterocycles. The van der Waals surface area contributed by atoms with Crippen LogP contribution in [0.3, 0.4) is 0 Å². The van der Waals surface area contributed by atoms with Gasteiger partial charge in [0.15, 0.2) is 5.76 Å². The van der Waals surface area contributed by atoms with E-state index in [-0.39, 0.29) is 5.91 Å². The summed E-state index contributed by atoms with van der Waals surface area (Å²) >= 11 is 0. The number of H-pyrrole nitrogens is 1. The van der Waals surface area contributed by atoms with E-state index in [1.165, 1.54) is 0 Å². The quantitative estimate of drug-likeness (QED) is 0.645. The number of hydrogen-bond donors (Lipinski definition) is 2. The summed E-state index contributed by atoms with van der Waals surface area (Å²) in [5, 5.41) is 9.80. The van der Waals surface area contributed by atoms with Gasteiger partial charge in [0.2, 0.25) is 0 Å². The minimum absolute atomic E-state index is 0.226. The maximum absolute atomic E-state index is 12.5. The van der Waals surface area contributed by atoms with E-state index in [9.17, 15) is 4.79 Å². The standard InChI is InChI=1S/C18H19N3O4/c1-12-16(17(21-20-12)15-4-3-10-25-15)18(22)19-9-11-24-14-7-5-13(23-2)6-8-14/h3-8,10H,9,11H2,1-2H3,(H,19,22)(H,20,21). The van der Waals surface area contributed by atoms with Gasteiger partial charge >= 0.3 is 0 Å². The monoisotopic (exact) mass is 341 g/mol. The Balaban J connectivity index is 1.55. The Morgan fingerprint density at radius 1 is 1.24 bits per heavy atom. The summed E-state index contributed by atoms with van der Waals surface area (Å²) in [7, 11) is 1.61. The molecule has 1 amide bonds. The maximum atomic E-state index is 12.5. The molecule has 7 nitrogen and oxygen atoms in total. The number of nitrogens with one attached hydrogen (secondary N) is 2. The normalized spacial score (nSPS) is 10.5. The van der Waals surface area contributed by atoms with Crippen LogP contribution in [0.25, 0.3) is 11.5 Å². The van der Waals surface area contributed by atoms with E-state index in [0.717, 1.165) is 5.75 Å². The summed E-state index contributed by atoms with van der Waals surface area (Å²) in [6.07, 6.45) is 1.55. The van der Waals surface area contributed by atoms with Gasteiger partial charge in [0.25, 0.3) is 5.91 Å². The largest absolute Gasteiger partial charge is 0.497 e. The fourth-order valence-corrected chi connectivity index (χ4v) is 2.39. The molecule has 0 radical (unpaired) electrons. The molecule has 3 rings (SSSR count). The molecule has 2 N–H and O–H groups in total. The second kappa shape index (κ2) is 7.57. The third-order valence-corrected chi connectivity index (χ3v) is 3.64. The third-order valence-electron chi connectivity index (χ3n) is 3.64. The molecule has 2 heterocycles. The summed E-state index contributed by atoms with van der Waals surface area (Å²) in [6.45, 7) is 2.51. The van der Waals surface area contributed by atoms with Gasteiger partial charge in [0.05, 0.1) is 25.5 Å². The van der Waals surface area contributed by atoms with Gasteiger partial charge < -0.3 is 19.2 Å². The van der Waals surface area contributed by atoms with Crippen molar-refractivity contribution in [2.45, 2.75) is 6.92 Å². The van der Waals surface area contributed by atoms with E-state index in [2.05, 4.69) is 15.5 Å². The molecule has 2 aromatic heterocycles. The highest BCUT2D eigenvalue weighted by Gasteiger charge is 2.20. The molecule has 0 atom stereocenters. The molecule has 0 aliphatic rings. The first kappa shape index (κ1) is 16.6. The molecule has 3 aromatic rings. The van der Waals surface area contributed by atoms with Crippen LogP contribution < -0.4 is 14.8 Å². The van der Waals surface area contributed by atoms with Crippen molar-refractivity contribution in [1.29, 1.82) is 0 Å². The highest BCUT2D eigenvalue weighted by atomic mass is 16.5. The zero-order chi connectivity index (χ0) is 17.6. The molecular weight excluding hydrogens is 322 g/mol. The minimum atomic E-state index is -0.226. The van der Waals surface area contributed by atoms with Crippen molar-refractivity contribution >= 4 is 5.91 Å². The van der Waals surface area contributed by atoms with Gasteiger partial charge in [-0.1, -0.05) is 0 Å². The molecule has 0 bridgehead atoms. The van der Waals surface area contributed by atoms with Crippen molar-refractivity contribution < 1.29 is 18.7 Å². The van der Waals surface area contributed by atoms with Crippen LogP contribution in [0.1, 0.15) is 16.1 Å². The van der Waals surface area contributed by atoms with E-state index >= 15 is 0 Å². The minimum Gasteiger partial charge on any atom is -0.497 e. The highest BCUT2D eigenvalue weighted by Crippen LogP contribution is 2.23. The zero-order valence-corrected chi connectivity index (χ0v) is 14.0. The first-order valence-electron chi connectivity index (χ1n) is 7.83. The van der Waals surface area contributed by atoms with E-state index in [0.29, 0.717) is 41.6 Å². The number of furan rings is 1. The lowest BCUT2D eigenvalue weighted by atomic mass is 10.1. The van der Waals surface area contributed by atoms with Crippen LogP contribution >= 0.6 is 0 Å². The number of aryl methyl sites for hydroxylation is 1. The fraction of sp³-hybridized carbons (Fsp3) is 0.222. The van der Waals surface area contributed by atoms with Crippen molar-refractivity contribution in [2.24, 2.45) is 0 Å². The second-order valence-electron chi connectivity index (χ2n) is 5.33. The van der Waals surface area contributed by atoms with Crippen molar-refractivity contribution in [3.8, 4) is 23.0 Å². The Labute approximate surface area is 145 Å². The number of carbonyl (C=O) groups is 1. The molecule has 7 heteroatoms. The Hall–Kier alpha value is -3.22. The van der Waals surface area contributed by atoms with Crippen LogP contribution in [-0.2, 0) is 0 Å². The second-order valence-corrected chi connectivity index (χ2v) is 5.33. The number of rotatable bonds is 7. The number of ether oxygens (including phenoxy) is 2. The highest BCUT2D eigenvalue weighted by molar-refractivity contribution is 6.00. The zero-order valence-electron chi connectivity index (χ0n) is 14.0. The number of aromatic amines is 1. The van der Waals surface area contributed by atoms with E-state index < -0.39 is 0 Å². The number of methoxy groups -OCH3 is 1. The lowest BCUT2D eigenvalue weighted by Crippen LogP contribution is -2.28. The number of aromatic nitrogens is 2. The summed E-state index contributed by atoms with van der Waals surface area (Å²) in [6, 6.07) is 10.8. The van der Waals surface area contributed by atoms with Gasteiger partial charge in [-0.05, 0) is 43.3 Å². The number of hydrogen-bond acceptors (Lipinski definition) is 5. The molecule has 0 fully saturated rings. The Bertz CT molecular complexity index is 823. The van der Waals surface area contributed by atoms with E-state index in [1.807, 2.05) is 24.3 Å². The van der Waals surface area contributed by atoms with Crippen molar-refractivity contribution in [3.63, 3.8) is 0 Å². The number of nitrogens with zero attached hydrogens (tertiary/aromatic N) is 1. The molecule has 130 valence electrons. The summed E-state index contributed by atoms with van der Waals surface area (Å²) in [4.78, 5) is 12.5. The van der Waals surface area contributed by atoms with Crippen LogP contribution in [0.15, 0.2) is 47.1 Å². The number of benzene rings is 1. The fourth-order valence-electron chi connectivity index (χ4n) is 2.39. The molecule has 0 spiro atoms. The maximum Gasteiger partial charge on any atom is 0.255 e. The van der Waals surface area contributed by atoms with Crippen LogP contribution in [0.5, 0.6) is 11.5 Å². The Morgan fingerprint density at radius 3 is 2.68 bits per heavy atom. The SMILES string of the molecule is COc1ccc(OCCNC(=O)c2c(-c3ccco3)n[nH]c2C)cc1. The number of amides is 1. The van der Waals surface area contributed by atoms with Gasteiger partial charge in [-0.15, -0.1) is 0 Å².